The van der Waals surface area contributed by atoms with Crippen LogP contribution in [0, 0.1) is 0 Å². The summed E-state index contributed by atoms with van der Waals surface area (Å²) in [6.07, 6.45) is 3.14. The normalized spacial score (nSPS) is 12.9. The molecule has 0 radical (unpaired) electrons. The quantitative estimate of drug-likeness (QED) is 0.267. The van der Waals surface area contributed by atoms with Crippen LogP contribution in [0.3, 0.4) is 0 Å². The van der Waals surface area contributed by atoms with Crippen LogP contribution in [0.5, 0.6) is 0 Å². The number of hydrogen-bond donors (Lipinski definition) is 0. The van der Waals surface area contributed by atoms with Crippen LogP contribution in [-0.4, -0.2) is 82.8 Å². The highest BCUT2D eigenvalue weighted by molar-refractivity contribution is 6.61. The zero-order valence-electron chi connectivity index (χ0n) is 19.4. The minimum Gasteiger partial charge on any atom is -0.377 e. The minimum atomic E-state index is -2.55. The smallest absolute Gasteiger partial charge is 0.377 e. The van der Waals surface area contributed by atoms with Crippen molar-refractivity contribution in [2.45, 2.75) is 66.0 Å². The summed E-state index contributed by atoms with van der Waals surface area (Å²) in [5, 5.41) is 0. The molecule has 0 saturated carbocycles. The number of hydrogen-bond acceptors (Lipinski definition) is 7. The molecule has 0 unspecified atom stereocenters. The van der Waals surface area contributed by atoms with Crippen molar-refractivity contribution in [3.05, 3.63) is 0 Å². The van der Waals surface area contributed by atoms with Crippen molar-refractivity contribution >= 4 is 17.6 Å². The first-order chi connectivity index (χ1) is 13.5. The Kier molecular flexibility index (Phi) is 17.0. The van der Waals surface area contributed by atoms with Gasteiger partial charge in [0.2, 0.25) is 0 Å². The molecule has 0 aliphatic rings. The van der Waals surface area contributed by atoms with Gasteiger partial charge < -0.3 is 31.5 Å². The van der Waals surface area contributed by atoms with E-state index in [0.29, 0.717) is 26.4 Å². The Morgan fingerprint density at radius 3 is 1.32 bits per heavy atom. The fourth-order valence-electron chi connectivity index (χ4n) is 3.39. The molecule has 0 bridgehead atoms. The summed E-state index contributed by atoms with van der Waals surface area (Å²) in [6.45, 7) is 15.8. The van der Waals surface area contributed by atoms with Crippen LogP contribution in [0.4, 0.5) is 0 Å². The molecule has 170 valence electrons. The van der Waals surface area contributed by atoms with E-state index in [1.165, 1.54) is 0 Å². The monoisotopic (exact) mass is 439 g/mol. The first-order valence-corrected chi connectivity index (χ1v) is 14.8. The molecule has 0 aliphatic carbocycles. The Morgan fingerprint density at radius 2 is 0.964 bits per heavy atom. The van der Waals surface area contributed by atoms with E-state index in [9.17, 15) is 0 Å². The molecule has 0 aromatic rings. The van der Waals surface area contributed by atoms with E-state index >= 15 is 0 Å². The third-order valence-corrected chi connectivity index (χ3v) is 10.6. The topological polar surface area (TPSA) is 58.6 Å². The lowest BCUT2D eigenvalue weighted by Crippen LogP contribution is -2.46. The zero-order valence-corrected chi connectivity index (χ0v) is 21.4. The summed E-state index contributed by atoms with van der Waals surface area (Å²) in [7, 11) is -1.68. The fraction of sp³-hybridized carbons (Fsp3) is 1.00. The van der Waals surface area contributed by atoms with Crippen LogP contribution < -0.4 is 0 Å². The van der Waals surface area contributed by atoms with Crippen molar-refractivity contribution in [2.75, 3.05) is 60.3 Å². The second-order valence-electron chi connectivity index (χ2n) is 6.56. The van der Waals surface area contributed by atoms with Gasteiger partial charge in [0.05, 0.1) is 0 Å². The average molecular weight is 440 g/mol. The maximum Gasteiger partial charge on any atom is 0.500 e. The van der Waals surface area contributed by atoms with Gasteiger partial charge in [-0.15, -0.1) is 0 Å². The first-order valence-electron chi connectivity index (χ1n) is 10.9. The van der Waals surface area contributed by atoms with Crippen LogP contribution in [0.15, 0.2) is 0 Å². The van der Waals surface area contributed by atoms with Crippen molar-refractivity contribution < 1.29 is 26.6 Å². The standard InChI is InChI=1S/C19H45NO6Si2/c1-8-15-20(16-13-18-27(21-6,22-7)23-9-2)17-14-19-28(24-10-3,25-11-4)26-12-5/h8-19H2,1-7H3. The Labute approximate surface area is 175 Å². The maximum absolute atomic E-state index is 5.97. The van der Waals surface area contributed by atoms with Crippen LogP contribution in [0.2, 0.25) is 12.1 Å². The van der Waals surface area contributed by atoms with Gasteiger partial charge in [0.15, 0.2) is 0 Å². The largest absolute Gasteiger partial charge is 0.500 e. The summed E-state index contributed by atoms with van der Waals surface area (Å²) in [5.41, 5.74) is 0. The van der Waals surface area contributed by atoms with Crippen LogP contribution in [0.25, 0.3) is 0 Å². The third-order valence-electron chi connectivity index (χ3n) is 4.53. The van der Waals surface area contributed by atoms with Gasteiger partial charge in [-0.05, 0) is 66.6 Å². The number of rotatable bonds is 20. The van der Waals surface area contributed by atoms with Gasteiger partial charge in [-0.25, -0.2) is 0 Å². The molecule has 0 heterocycles. The maximum atomic E-state index is 5.97. The molecule has 0 aromatic carbocycles. The van der Waals surface area contributed by atoms with Gasteiger partial charge in [0.25, 0.3) is 0 Å². The van der Waals surface area contributed by atoms with Gasteiger partial charge in [0, 0.05) is 52.7 Å². The average Bonchev–Trinajstić information content (AvgIpc) is 2.68. The van der Waals surface area contributed by atoms with E-state index in [1.807, 2.05) is 27.7 Å². The summed E-state index contributed by atoms with van der Waals surface area (Å²) >= 11 is 0. The second kappa shape index (κ2) is 16.9. The molecule has 28 heavy (non-hydrogen) atoms. The van der Waals surface area contributed by atoms with E-state index in [2.05, 4.69) is 11.8 Å². The lowest BCUT2D eigenvalue weighted by molar-refractivity contribution is 0.0699. The predicted octanol–water partition coefficient (Wildman–Crippen LogP) is 3.80. The highest BCUT2D eigenvalue weighted by atomic mass is 28.4. The Bertz CT molecular complexity index is 344. The van der Waals surface area contributed by atoms with Crippen LogP contribution >= 0.6 is 0 Å². The molecule has 0 aromatic heterocycles. The van der Waals surface area contributed by atoms with Gasteiger partial charge in [0.1, 0.15) is 0 Å². The highest BCUT2D eigenvalue weighted by Crippen LogP contribution is 2.20. The summed E-state index contributed by atoms with van der Waals surface area (Å²) < 4.78 is 34.9. The van der Waals surface area contributed by atoms with E-state index < -0.39 is 17.6 Å². The molecule has 0 saturated heterocycles. The lowest BCUT2D eigenvalue weighted by atomic mass is 10.3. The molecule has 0 atom stereocenters. The van der Waals surface area contributed by atoms with E-state index in [-0.39, 0.29) is 0 Å². The third kappa shape index (κ3) is 10.8. The molecule has 0 amide bonds. The van der Waals surface area contributed by atoms with Crippen molar-refractivity contribution in [1.29, 1.82) is 0 Å². The fourth-order valence-corrected chi connectivity index (χ4v) is 7.97. The van der Waals surface area contributed by atoms with Crippen molar-refractivity contribution in [3.63, 3.8) is 0 Å². The van der Waals surface area contributed by atoms with E-state index in [1.54, 1.807) is 14.2 Å². The minimum absolute atomic E-state index is 0.617. The molecular formula is C19H45NO6Si2. The first kappa shape index (κ1) is 28.2. The van der Waals surface area contributed by atoms with Gasteiger partial charge in [-0.1, -0.05) is 6.92 Å². The van der Waals surface area contributed by atoms with Crippen molar-refractivity contribution in [1.82, 2.24) is 4.90 Å². The molecule has 0 fully saturated rings. The molecule has 0 aliphatic heterocycles. The summed E-state index contributed by atoms with van der Waals surface area (Å²) in [6, 6.07) is 1.69. The molecular weight excluding hydrogens is 394 g/mol. The van der Waals surface area contributed by atoms with Gasteiger partial charge in [-0.3, -0.25) is 0 Å². The van der Waals surface area contributed by atoms with Gasteiger partial charge in [-0.2, -0.15) is 0 Å². The zero-order chi connectivity index (χ0) is 21.3. The van der Waals surface area contributed by atoms with Crippen molar-refractivity contribution in [3.8, 4) is 0 Å². The van der Waals surface area contributed by atoms with Gasteiger partial charge >= 0.3 is 17.6 Å². The second-order valence-corrected chi connectivity index (χ2v) is 12.3. The summed E-state index contributed by atoms with van der Waals surface area (Å²) in [4.78, 5) is 2.50. The Morgan fingerprint density at radius 1 is 0.571 bits per heavy atom. The number of nitrogens with zero attached hydrogens (tertiary/aromatic N) is 1. The van der Waals surface area contributed by atoms with Crippen LogP contribution in [0.1, 0.15) is 53.9 Å². The lowest BCUT2D eigenvalue weighted by Gasteiger charge is -2.30. The van der Waals surface area contributed by atoms with Crippen molar-refractivity contribution in [2.24, 2.45) is 0 Å². The SMILES string of the molecule is CCCN(CCC[Si](OC)(OC)OCC)CCC[Si](OCC)(OCC)OCC. The molecule has 0 N–H and O–H groups in total. The Hall–Kier alpha value is 0.154. The van der Waals surface area contributed by atoms with Crippen LogP contribution in [-0.2, 0) is 26.6 Å². The molecule has 0 spiro atoms. The van der Waals surface area contributed by atoms with E-state index in [0.717, 1.165) is 51.0 Å². The molecule has 0 rings (SSSR count). The van der Waals surface area contributed by atoms with E-state index in [4.69, 9.17) is 26.6 Å². The predicted molar refractivity (Wildman–Crippen MR) is 118 cm³/mol. The molecule has 9 heteroatoms. The Balaban J connectivity index is 4.63. The highest BCUT2D eigenvalue weighted by Gasteiger charge is 2.40. The molecule has 7 nitrogen and oxygen atoms in total. The summed E-state index contributed by atoms with van der Waals surface area (Å²) in [5.74, 6) is 0.